The Balaban J connectivity index is 2.76. The van der Waals surface area contributed by atoms with Crippen LogP contribution in [0.15, 0.2) is 18.3 Å². The second-order valence-electron chi connectivity index (χ2n) is 4.10. The highest BCUT2D eigenvalue weighted by Gasteiger charge is 2.32. The highest BCUT2D eigenvalue weighted by Crippen LogP contribution is 2.28. The number of alkyl halides is 3. The van der Waals surface area contributed by atoms with Crippen LogP contribution in [0.25, 0.3) is 0 Å². The van der Waals surface area contributed by atoms with Crippen molar-refractivity contribution in [3.05, 3.63) is 23.9 Å². The van der Waals surface area contributed by atoms with E-state index in [1.54, 1.807) is 26.0 Å². The van der Waals surface area contributed by atoms with Gasteiger partial charge in [0, 0.05) is 20.2 Å². The van der Waals surface area contributed by atoms with E-state index in [4.69, 9.17) is 0 Å². The number of pyridine rings is 1. The molecule has 1 heterocycles. The minimum atomic E-state index is -4.37. The lowest BCUT2D eigenvalue weighted by molar-refractivity contribution is -0.367. The molecule has 4 nitrogen and oxygen atoms in total. The fraction of sp³-hybridized carbons (Fsp3) is 0.455. The van der Waals surface area contributed by atoms with Crippen LogP contribution in [0.3, 0.4) is 0 Å². The predicted octanol–water partition coefficient (Wildman–Crippen LogP) is 1.04. The summed E-state index contributed by atoms with van der Waals surface area (Å²) in [6.45, 7) is 0.0921. The first-order valence-electron chi connectivity index (χ1n) is 5.22. The van der Waals surface area contributed by atoms with Crippen LogP contribution in [0, 0.1) is 0 Å². The van der Waals surface area contributed by atoms with E-state index in [-0.39, 0.29) is 12.5 Å². The molecular formula is C11H15F3N3O+. The summed E-state index contributed by atoms with van der Waals surface area (Å²) in [7, 11) is 4.86. The standard InChI is InChI=1S/C11H14F3N3O/c1-16(2)10(18)7-17(3)9-5-4-8(6-15-9)11(12,13)14/h4-6H,7H2,1-3H3/p+1. The van der Waals surface area contributed by atoms with Gasteiger partial charge in [-0.3, -0.25) is 9.69 Å². The third-order valence-corrected chi connectivity index (χ3v) is 2.41. The van der Waals surface area contributed by atoms with E-state index in [1.165, 1.54) is 11.0 Å². The molecule has 7 heteroatoms. The molecule has 1 amide bonds. The second kappa shape index (κ2) is 5.24. The number of anilines is 1. The first-order chi connectivity index (χ1) is 8.21. The number of likely N-dealkylation sites (N-methyl/N-ethyl adjacent to an activating group) is 2. The van der Waals surface area contributed by atoms with Crippen molar-refractivity contribution in [2.24, 2.45) is 0 Å². The van der Waals surface area contributed by atoms with E-state index >= 15 is 0 Å². The lowest BCUT2D eigenvalue weighted by Gasteiger charge is -2.14. The summed E-state index contributed by atoms with van der Waals surface area (Å²) in [6, 6.07) is 2.27. The molecule has 0 saturated heterocycles. The van der Waals surface area contributed by atoms with Crippen molar-refractivity contribution in [3.63, 3.8) is 0 Å². The van der Waals surface area contributed by atoms with Gasteiger partial charge in [0.1, 0.15) is 6.20 Å². The normalized spacial score (nSPS) is 11.2. The third-order valence-electron chi connectivity index (χ3n) is 2.41. The first kappa shape index (κ1) is 14.3. The van der Waals surface area contributed by atoms with Gasteiger partial charge in [0.25, 0.3) is 11.7 Å². The topological polar surface area (TPSA) is 37.7 Å². The van der Waals surface area contributed by atoms with Gasteiger partial charge in [0.2, 0.25) is 0 Å². The van der Waals surface area contributed by atoms with Crippen molar-refractivity contribution in [3.8, 4) is 0 Å². The summed E-state index contributed by atoms with van der Waals surface area (Å²) in [6.07, 6.45) is -3.49. The van der Waals surface area contributed by atoms with E-state index in [2.05, 4.69) is 4.98 Å². The maximum Gasteiger partial charge on any atom is 0.419 e. The Labute approximate surface area is 103 Å². The number of aromatic amines is 1. The smallest absolute Gasteiger partial charge is 0.345 e. The predicted molar refractivity (Wildman–Crippen MR) is 60.0 cm³/mol. The molecule has 0 aliphatic rings. The number of carbonyl (C=O) groups excluding carboxylic acids is 1. The fourth-order valence-electron chi connectivity index (χ4n) is 1.26. The van der Waals surface area contributed by atoms with Crippen LogP contribution in [0.2, 0.25) is 0 Å². The number of aromatic nitrogens is 1. The van der Waals surface area contributed by atoms with Gasteiger partial charge in [-0.05, 0) is 6.07 Å². The van der Waals surface area contributed by atoms with Gasteiger partial charge in [0.05, 0.1) is 12.6 Å². The molecule has 18 heavy (non-hydrogen) atoms. The SMILES string of the molecule is CN(C)C(=O)CN(C)c1ccc(C(F)(F)F)c[nH+]1. The van der Waals surface area contributed by atoms with Gasteiger partial charge in [-0.15, -0.1) is 0 Å². The Hall–Kier alpha value is -1.79. The first-order valence-corrected chi connectivity index (χ1v) is 5.22. The number of H-pyrrole nitrogens is 1. The zero-order valence-electron chi connectivity index (χ0n) is 10.4. The average Bonchev–Trinajstić information content (AvgIpc) is 2.27. The number of nitrogens with one attached hydrogen (secondary N) is 1. The van der Waals surface area contributed by atoms with Crippen molar-refractivity contribution in [2.75, 3.05) is 32.6 Å². The Kier molecular flexibility index (Phi) is 4.15. The molecule has 0 aliphatic heterocycles. The lowest BCUT2D eigenvalue weighted by Crippen LogP contribution is -2.36. The Bertz CT molecular complexity index is 415. The molecule has 0 atom stereocenters. The van der Waals surface area contributed by atoms with E-state index in [0.717, 1.165) is 12.3 Å². The van der Waals surface area contributed by atoms with Crippen LogP contribution in [0.1, 0.15) is 5.56 Å². The number of carbonyl (C=O) groups is 1. The van der Waals surface area contributed by atoms with Gasteiger partial charge in [-0.25, -0.2) is 4.98 Å². The molecule has 1 aromatic heterocycles. The number of halogens is 3. The van der Waals surface area contributed by atoms with E-state index < -0.39 is 11.7 Å². The third kappa shape index (κ3) is 3.61. The Morgan fingerprint density at radius 1 is 1.28 bits per heavy atom. The van der Waals surface area contributed by atoms with Crippen LogP contribution in [0.5, 0.6) is 0 Å². The fourth-order valence-corrected chi connectivity index (χ4v) is 1.26. The second-order valence-corrected chi connectivity index (χ2v) is 4.10. The van der Waals surface area contributed by atoms with Crippen molar-refractivity contribution >= 4 is 11.7 Å². The van der Waals surface area contributed by atoms with Crippen molar-refractivity contribution in [1.29, 1.82) is 0 Å². The molecule has 0 aliphatic carbocycles. The molecule has 0 bridgehead atoms. The lowest BCUT2D eigenvalue weighted by atomic mass is 10.2. The van der Waals surface area contributed by atoms with Gasteiger partial charge in [-0.1, -0.05) is 0 Å². The van der Waals surface area contributed by atoms with Gasteiger partial charge < -0.3 is 4.90 Å². The number of amides is 1. The van der Waals surface area contributed by atoms with Crippen LogP contribution >= 0.6 is 0 Å². The molecular weight excluding hydrogens is 247 g/mol. The summed E-state index contributed by atoms with van der Waals surface area (Å²) < 4.78 is 37.0. The summed E-state index contributed by atoms with van der Waals surface area (Å²) in [4.78, 5) is 16.9. The molecule has 0 fully saturated rings. The van der Waals surface area contributed by atoms with Crippen molar-refractivity contribution in [2.45, 2.75) is 6.18 Å². The molecule has 0 unspecified atom stereocenters. The van der Waals surface area contributed by atoms with Gasteiger partial charge in [-0.2, -0.15) is 13.2 Å². The van der Waals surface area contributed by atoms with Crippen LogP contribution in [-0.4, -0.2) is 38.5 Å². The highest BCUT2D eigenvalue weighted by molar-refractivity contribution is 5.80. The van der Waals surface area contributed by atoms with Crippen LogP contribution in [0.4, 0.5) is 19.0 Å². The van der Waals surface area contributed by atoms with Gasteiger partial charge in [0.15, 0.2) is 6.54 Å². The minimum absolute atomic E-state index is 0.0921. The number of rotatable bonds is 3. The monoisotopic (exact) mass is 262 g/mol. The number of hydrogen-bond acceptors (Lipinski definition) is 2. The maximum absolute atomic E-state index is 12.3. The quantitative estimate of drug-likeness (QED) is 0.816. The maximum atomic E-state index is 12.3. The number of nitrogens with zero attached hydrogens (tertiary/aromatic N) is 2. The Morgan fingerprint density at radius 2 is 1.89 bits per heavy atom. The average molecular weight is 262 g/mol. The van der Waals surface area contributed by atoms with Crippen molar-refractivity contribution in [1.82, 2.24) is 4.90 Å². The van der Waals surface area contributed by atoms with E-state index in [1.807, 2.05) is 0 Å². The van der Waals surface area contributed by atoms with E-state index in [0.29, 0.717) is 5.82 Å². The van der Waals surface area contributed by atoms with Gasteiger partial charge >= 0.3 is 6.18 Å². The molecule has 0 spiro atoms. The molecule has 0 aromatic carbocycles. The summed E-state index contributed by atoms with van der Waals surface area (Å²) >= 11 is 0. The zero-order valence-corrected chi connectivity index (χ0v) is 10.4. The van der Waals surface area contributed by atoms with E-state index in [9.17, 15) is 18.0 Å². The minimum Gasteiger partial charge on any atom is -0.345 e. The van der Waals surface area contributed by atoms with Crippen LogP contribution < -0.4 is 9.88 Å². The van der Waals surface area contributed by atoms with Crippen LogP contribution in [-0.2, 0) is 11.0 Å². The molecule has 100 valence electrons. The number of hydrogen-bond donors (Lipinski definition) is 0. The summed E-state index contributed by atoms with van der Waals surface area (Å²) in [5, 5.41) is 0. The largest absolute Gasteiger partial charge is 0.419 e. The Morgan fingerprint density at radius 3 is 2.28 bits per heavy atom. The highest BCUT2D eigenvalue weighted by atomic mass is 19.4. The molecule has 0 saturated carbocycles. The molecule has 1 N–H and O–H groups in total. The molecule has 1 rings (SSSR count). The molecule has 1 aromatic rings. The zero-order chi connectivity index (χ0) is 13.9. The molecule has 0 radical (unpaired) electrons. The summed E-state index contributed by atoms with van der Waals surface area (Å²) in [5.41, 5.74) is -0.751. The summed E-state index contributed by atoms with van der Waals surface area (Å²) in [5.74, 6) is 0.309. The van der Waals surface area contributed by atoms with Crippen molar-refractivity contribution < 1.29 is 22.9 Å².